The van der Waals surface area contributed by atoms with E-state index in [4.69, 9.17) is 0 Å². The van der Waals surface area contributed by atoms with Crippen LogP contribution in [0.25, 0.3) is 22.1 Å². The number of amides is 1. The van der Waals surface area contributed by atoms with E-state index in [9.17, 15) is 4.79 Å². The van der Waals surface area contributed by atoms with Gasteiger partial charge in [0.25, 0.3) is 5.91 Å². The number of hydrogen-bond donors (Lipinski definition) is 2. The van der Waals surface area contributed by atoms with E-state index >= 15 is 0 Å². The van der Waals surface area contributed by atoms with Gasteiger partial charge in [-0.2, -0.15) is 0 Å². The van der Waals surface area contributed by atoms with Crippen LogP contribution in [-0.2, 0) is 0 Å². The third-order valence-corrected chi connectivity index (χ3v) is 3.41. The van der Waals surface area contributed by atoms with Gasteiger partial charge in [-0.05, 0) is 36.4 Å². The number of H-pyrrole nitrogens is 1. The standard InChI is InChI=1S/C16H11N5O/c22-16(10-1-3-12-14(7-10)18-6-5-17-12)21-11-2-4-13-15(8-11)20-9-19-13/h1-9H,(H,19,20)(H,21,22). The highest BCUT2D eigenvalue weighted by Crippen LogP contribution is 2.17. The quantitative estimate of drug-likeness (QED) is 0.594. The highest BCUT2D eigenvalue weighted by Gasteiger charge is 2.08. The lowest BCUT2D eigenvalue weighted by Crippen LogP contribution is -2.11. The first kappa shape index (κ1) is 12.5. The molecule has 0 atom stereocenters. The molecule has 2 N–H and O–H groups in total. The second-order valence-corrected chi connectivity index (χ2v) is 4.85. The summed E-state index contributed by atoms with van der Waals surface area (Å²) < 4.78 is 0. The van der Waals surface area contributed by atoms with Crippen LogP contribution in [0.5, 0.6) is 0 Å². The summed E-state index contributed by atoms with van der Waals surface area (Å²) in [6.45, 7) is 0. The van der Waals surface area contributed by atoms with Gasteiger partial charge in [0.2, 0.25) is 0 Å². The number of benzene rings is 2. The molecular weight excluding hydrogens is 278 g/mol. The van der Waals surface area contributed by atoms with E-state index in [0.29, 0.717) is 16.8 Å². The first-order valence-corrected chi connectivity index (χ1v) is 6.75. The maximum Gasteiger partial charge on any atom is 0.255 e. The van der Waals surface area contributed by atoms with Crippen molar-refractivity contribution in [1.82, 2.24) is 19.9 Å². The third kappa shape index (κ3) is 2.16. The molecule has 0 saturated carbocycles. The van der Waals surface area contributed by atoms with Crippen LogP contribution in [0.1, 0.15) is 10.4 Å². The Morgan fingerprint density at radius 2 is 1.73 bits per heavy atom. The Labute approximate surface area is 125 Å². The summed E-state index contributed by atoms with van der Waals surface area (Å²) in [5.41, 5.74) is 4.44. The summed E-state index contributed by atoms with van der Waals surface area (Å²) in [6, 6.07) is 10.8. The van der Waals surface area contributed by atoms with Gasteiger partial charge < -0.3 is 10.3 Å². The van der Waals surface area contributed by atoms with Gasteiger partial charge in [0, 0.05) is 23.6 Å². The Hall–Kier alpha value is -3.28. The molecule has 0 aliphatic rings. The number of aromatic nitrogens is 4. The minimum absolute atomic E-state index is 0.189. The molecule has 0 aliphatic carbocycles. The van der Waals surface area contributed by atoms with Crippen LogP contribution in [0, 0.1) is 0 Å². The first-order valence-electron chi connectivity index (χ1n) is 6.75. The number of rotatable bonds is 2. The average Bonchev–Trinajstić information content (AvgIpc) is 3.02. The van der Waals surface area contributed by atoms with Gasteiger partial charge in [-0.15, -0.1) is 0 Å². The van der Waals surface area contributed by atoms with Crippen molar-refractivity contribution in [3.63, 3.8) is 0 Å². The van der Waals surface area contributed by atoms with Gasteiger partial charge in [-0.25, -0.2) is 4.98 Å². The van der Waals surface area contributed by atoms with Gasteiger partial charge in [0.1, 0.15) is 0 Å². The molecule has 4 aromatic rings. The predicted octanol–water partition coefficient (Wildman–Crippen LogP) is 2.76. The molecule has 1 amide bonds. The molecule has 6 nitrogen and oxygen atoms in total. The molecule has 4 rings (SSSR count). The minimum Gasteiger partial charge on any atom is -0.345 e. The van der Waals surface area contributed by atoms with Crippen molar-refractivity contribution in [3.05, 3.63) is 60.7 Å². The average molecular weight is 289 g/mol. The zero-order chi connectivity index (χ0) is 14.9. The lowest BCUT2D eigenvalue weighted by atomic mass is 10.1. The molecule has 2 aromatic heterocycles. The summed E-state index contributed by atoms with van der Waals surface area (Å²) in [6.07, 6.45) is 4.86. The molecule has 2 heterocycles. The maximum absolute atomic E-state index is 12.3. The van der Waals surface area contributed by atoms with Crippen molar-refractivity contribution >= 4 is 33.7 Å². The lowest BCUT2D eigenvalue weighted by molar-refractivity contribution is 0.102. The molecule has 0 bridgehead atoms. The fraction of sp³-hybridized carbons (Fsp3) is 0. The number of aromatic amines is 1. The van der Waals surface area contributed by atoms with Crippen LogP contribution >= 0.6 is 0 Å². The first-order chi connectivity index (χ1) is 10.8. The van der Waals surface area contributed by atoms with Gasteiger partial charge in [-0.3, -0.25) is 14.8 Å². The zero-order valence-corrected chi connectivity index (χ0v) is 11.4. The molecule has 6 heteroatoms. The van der Waals surface area contributed by atoms with E-state index in [1.54, 1.807) is 36.9 Å². The fourth-order valence-corrected chi connectivity index (χ4v) is 2.32. The Bertz CT molecular complexity index is 992. The molecule has 0 unspecified atom stereocenters. The van der Waals surface area contributed by atoms with E-state index in [1.807, 2.05) is 18.2 Å². The van der Waals surface area contributed by atoms with Crippen LogP contribution in [-0.4, -0.2) is 25.8 Å². The van der Waals surface area contributed by atoms with Crippen LogP contribution in [0.3, 0.4) is 0 Å². The number of carbonyl (C=O) groups is 1. The topological polar surface area (TPSA) is 83.6 Å². The van der Waals surface area contributed by atoms with Crippen LogP contribution in [0.4, 0.5) is 5.69 Å². The third-order valence-electron chi connectivity index (χ3n) is 3.41. The van der Waals surface area contributed by atoms with Crippen molar-refractivity contribution in [2.45, 2.75) is 0 Å². The van der Waals surface area contributed by atoms with Crippen LogP contribution in [0.15, 0.2) is 55.1 Å². The molecule has 0 aliphatic heterocycles. The second-order valence-electron chi connectivity index (χ2n) is 4.85. The van der Waals surface area contributed by atoms with Crippen molar-refractivity contribution in [2.24, 2.45) is 0 Å². The number of nitrogens with zero attached hydrogens (tertiary/aromatic N) is 3. The fourth-order valence-electron chi connectivity index (χ4n) is 2.32. The van der Waals surface area contributed by atoms with E-state index in [1.165, 1.54) is 0 Å². The summed E-state index contributed by atoms with van der Waals surface area (Å²) in [7, 11) is 0. The molecule has 0 radical (unpaired) electrons. The number of nitrogens with one attached hydrogen (secondary N) is 2. The van der Waals surface area contributed by atoms with E-state index in [0.717, 1.165) is 16.6 Å². The molecule has 0 saturated heterocycles. The smallest absolute Gasteiger partial charge is 0.255 e. The molecule has 106 valence electrons. The highest BCUT2D eigenvalue weighted by molar-refractivity contribution is 6.06. The van der Waals surface area contributed by atoms with Crippen molar-refractivity contribution in [2.75, 3.05) is 5.32 Å². The highest BCUT2D eigenvalue weighted by atomic mass is 16.1. The van der Waals surface area contributed by atoms with E-state index in [-0.39, 0.29) is 5.91 Å². The number of imidazole rings is 1. The number of carbonyl (C=O) groups excluding carboxylic acids is 1. The Morgan fingerprint density at radius 3 is 2.64 bits per heavy atom. The van der Waals surface area contributed by atoms with E-state index in [2.05, 4.69) is 25.3 Å². The molecule has 0 fully saturated rings. The van der Waals surface area contributed by atoms with Crippen molar-refractivity contribution in [3.8, 4) is 0 Å². The van der Waals surface area contributed by atoms with E-state index < -0.39 is 0 Å². The molecule has 22 heavy (non-hydrogen) atoms. The largest absolute Gasteiger partial charge is 0.345 e. The van der Waals surface area contributed by atoms with Crippen molar-refractivity contribution in [1.29, 1.82) is 0 Å². The Kier molecular flexibility index (Phi) is 2.79. The summed E-state index contributed by atoms with van der Waals surface area (Å²) in [4.78, 5) is 27.9. The lowest BCUT2D eigenvalue weighted by Gasteiger charge is -2.06. The summed E-state index contributed by atoms with van der Waals surface area (Å²) >= 11 is 0. The number of hydrogen-bond acceptors (Lipinski definition) is 4. The summed E-state index contributed by atoms with van der Waals surface area (Å²) in [5, 5.41) is 2.87. The Morgan fingerprint density at radius 1 is 0.909 bits per heavy atom. The van der Waals surface area contributed by atoms with Gasteiger partial charge >= 0.3 is 0 Å². The minimum atomic E-state index is -0.189. The van der Waals surface area contributed by atoms with Crippen LogP contribution < -0.4 is 5.32 Å². The monoisotopic (exact) mass is 289 g/mol. The number of fused-ring (bicyclic) bond motifs is 2. The predicted molar refractivity (Wildman–Crippen MR) is 83.6 cm³/mol. The molecule has 0 spiro atoms. The van der Waals surface area contributed by atoms with Crippen molar-refractivity contribution < 1.29 is 4.79 Å². The van der Waals surface area contributed by atoms with Crippen LogP contribution in [0.2, 0.25) is 0 Å². The SMILES string of the molecule is O=C(Nc1ccc2nc[nH]c2c1)c1ccc2nccnc2c1. The normalized spacial score (nSPS) is 10.9. The van der Waals surface area contributed by atoms with Gasteiger partial charge in [-0.1, -0.05) is 0 Å². The zero-order valence-electron chi connectivity index (χ0n) is 11.4. The van der Waals surface area contributed by atoms with Gasteiger partial charge in [0.15, 0.2) is 0 Å². The number of anilines is 1. The Balaban J connectivity index is 1.64. The molecular formula is C16H11N5O. The maximum atomic E-state index is 12.3. The molecule has 2 aromatic carbocycles. The van der Waals surface area contributed by atoms with Gasteiger partial charge in [0.05, 0.1) is 28.4 Å². The summed E-state index contributed by atoms with van der Waals surface area (Å²) in [5.74, 6) is -0.189. The second kappa shape index (κ2) is 4.92.